The Labute approximate surface area is 174 Å². The third-order valence-corrected chi connectivity index (χ3v) is 5.11. The minimum absolute atomic E-state index is 0.0667. The summed E-state index contributed by atoms with van der Waals surface area (Å²) in [5, 5.41) is 3.13. The Kier molecular flexibility index (Phi) is 6.64. The van der Waals surface area contributed by atoms with Crippen molar-refractivity contribution in [2.75, 3.05) is 12.3 Å². The van der Waals surface area contributed by atoms with Crippen LogP contribution in [-0.2, 0) is 13.1 Å². The summed E-state index contributed by atoms with van der Waals surface area (Å²) in [5.41, 5.74) is 6.73. The molecule has 0 aliphatic heterocycles. The quantitative estimate of drug-likeness (QED) is 0.559. The largest absolute Gasteiger partial charge is 0.384 e. The summed E-state index contributed by atoms with van der Waals surface area (Å²) in [4.78, 5) is 38.5. The average Bonchev–Trinajstić information content (AvgIpc) is 2.76. The van der Waals surface area contributed by atoms with Crippen LogP contribution >= 0.6 is 0 Å². The number of hydrogen-bond donors (Lipinski definition) is 2. The van der Waals surface area contributed by atoms with Gasteiger partial charge < -0.3 is 11.1 Å². The van der Waals surface area contributed by atoms with Gasteiger partial charge in [0.15, 0.2) is 5.78 Å². The van der Waals surface area contributed by atoms with Crippen LogP contribution in [0.3, 0.4) is 0 Å². The summed E-state index contributed by atoms with van der Waals surface area (Å²) >= 11 is 0. The van der Waals surface area contributed by atoms with Crippen LogP contribution < -0.4 is 22.3 Å². The highest BCUT2D eigenvalue weighted by Crippen LogP contribution is 2.13. The number of benzene rings is 2. The number of Topliss-reactive ketones (excluding diaryl/α,β-unsaturated/α-hetero) is 1. The summed E-state index contributed by atoms with van der Waals surface area (Å²) < 4.78 is 2.33. The lowest BCUT2D eigenvalue weighted by Gasteiger charge is -2.17. The molecule has 0 spiro atoms. The van der Waals surface area contributed by atoms with Crippen molar-refractivity contribution >= 4 is 11.6 Å². The topological polar surface area (TPSA) is 99.1 Å². The first-order chi connectivity index (χ1) is 14.4. The van der Waals surface area contributed by atoms with Gasteiger partial charge in [-0.3, -0.25) is 18.7 Å². The summed E-state index contributed by atoms with van der Waals surface area (Å²) in [6, 6.07) is 18.9. The number of nitrogens with two attached hydrogens (primary N) is 1. The number of carbonyl (C=O) groups is 1. The van der Waals surface area contributed by atoms with E-state index >= 15 is 0 Å². The van der Waals surface area contributed by atoms with Crippen LogP contribution in [0, 0.1) is 0 Å². The predicted octanol–water partition coefficient (Wildman–Crippen LogP) is 2.19. The summed E-state index contributed by atoms with van der Waals surface area (Å²) in [6.07, 6.45) is 0. The molecule has 0 bridgehead atoms. The lowest BCUT2D eigenvalue weighted by molar-refractivity contribution is 0.0986. The molecule has 0 fully saturated rings. The zero-order valence-corrected chi connectivity index (χ0v) is 17.2. The first-order valence-electron chi connectivity index (χ1n) is 9.92. The third kappa shape index (κ3) is 4.41. The van der Waals surface area contributed by atoms with Crippen LogP contribution in [0.1, 0.15) is 41.4 Å². The SMILES string of the molecule is CCn1c(=O)c(C(=O)CN[C@H](C)c2ccccc2)c(N)n(Cc2ccccc2)c1=O. The fourth-order valence-electron chi connectivity index (χ4n) is 3.37. The van der Waals surface area contributed by atoms with E-state index in [0.29, 0.717) is 0 Å². The molecule has 7 nitrogen and oxygen atoms in total. The highest BCUT2D eigenvalue weighted by atomic mass is 16.2. The number of rotatable bonds is 8. The maximum Gasteiger partial charge on any atom is 0.332 e. The first kappa shape index (κ1) is 21.3. The van der Waals surface area contributed by atoms with Crippen molar-refractivity contribution in [2.24, 2.45) is 0 Å². The zero-order valence-electron chi connectivity index (χ0n) is 17.2. The zero-order chi connectivity index (χ0) is 21.7. The molecule has 3 rings (SSSR count). The molecule has 3 N–H and O–H groups in total. The number of nitrogens with one attached hydrogen (secondary N) is 1. The van der Waals surface area contributed by atoms with E-state index in [-0.39, 0.29) is 37.1 Å². The van der Waals surface area contributed by atoms with Crippen molar-refractivity contribution < 1.29 is 4.79 Å². The Morgan fingerprint density at radius 1 is 1.00 bits per heavy atom. The number of anilines is 1. The van der Waals surface area contributed by atoms with Crippen LogP contribution in [-0.4, -0.2) is 21.5 Å². The molecule has 1 heterocycles. The van der Waals surface area contributed by atoms with Gasteiger partial charge in [0.25, 0.3) is 5.56 Å². The van der Waals surface area contributed by atoms with Crippen molar-refractivity contribution in [2.45, 2.75) is 33.0 Å². The second-order valence-corrected chi connectivity index (χ2v) is 7.10. The maximum atomic E-state index is 12.9. The number of aromatic nitrogens is 2. The lowest BCUT2D eigenvalue weighted by atomic mass is 10.1. The van der Waals surface area contributed by atoms with E-state index in [1.54, 1.807) is 6.92 Å². The van der Waals surface area contributed by atoms with Crippen LogP contribution in [0.25, 0.3) is 0 Å². The molecule has 30 heavy (non-hydrogen) atoms. The van der Waals surface area contributed by atoms with E-state index in [0.717, 1.165) is 15.7 Å². The number of ketones is 1. The molecule has 0 aliphatic rings. The maximum absolute atomic E-state index is 12.9. The second-order valence-electron chi connectivity index (χ2n) is 7.10. The molecule has 0 radical (unpaired) electrons. The van der Waals surface area contributed by atoms with Crippen LogP contribution in [0.15, 0.2) is 70.3 Å². The molecular weight excluding hydrogens is 380 g/mol. The van der Waals surface area contributed by atoms with Gasteiger partial charge >= 0.3 is 5.69 Å². The van der Waals surface area contributed by atoms with E-state index < -0.39 is 17.0 Å². The van der Waals surface area contributed by atoms with Crippen LogP contribution in [0.5, 0.6) is 0 Å². The Balaban J connectivity index is 1.93. The number of nitrogens with zero attached hydrogens (tertiary/aromatic N) is 2. The van der Waals surface area contributed by atoms with Crippen molar-refractivity contribution in [3.63, 3.8) is 0 Å². The Hall–Kier alpha value is -3.45. The van der Waals surface area contributed by atoms with Gasteiger partial charge in [0.1, 0.15) is 11.4 Å². The molecule has 3 aromatic rings. The molecule has 0 unspecified atom stereocenters. The van der Waals surface area contributed by atoms with Crippen LogP contribution in [0.2, 0.25) is 0 Å². The lowest BCUT2D eigenvalue weighted by Crippen LogP contribution is -2.45. The fraction of sp³-hybridized carbons (Fsp3) is 0.261. The predicted molar refractivity (Wildman–Crippen MR) is 118 cm³/mol. The molecular formula is C23H26N4O3. The standard InChI is InChI=1S/C23H26N4O3/c1-3-26-22(29)20(19(28)14-25-16(2)18-12-8-5-9-13-18)21(24)27(23(26)30)15-17-10-6-4-7-11-17/h4-13,16,25H,3,14-15,24H2,1-2H3/t16-/m1/s1. The molecule has 0 saturated carbocycles. The number of carbonyl (C=O) groups excluding carboxylic acids is 1. The van der Waals surface area contributed by atoms with Gasteiger partial charge in [-0.2, -0.15) is 0 Å². The number of nitrogen functional groups attached to an aromatic ring is 1. The highest BCUT2D eigenvalue weighted by molar-refractivity contribution is 6.01. The summed E-state index contributed by atoms with van der Waals surface area (Å²) in [7, 11) is 0. The van der Waals surface area contributed by atoms with Gasteiger partial charge in [-0.15, -0.1) is 0 Å². The van der Waals surface area contributed by atoms with Crippen molar-refractivity contribution in [3.8, 4) is 0 Å². The monoisotopic (exact) mass is 406 g/mol. The minimum atomic E-state index is -0.650. The Morgan fingerprint density at radius 2 is 1.60 bits per heavy atom. The van der Waals surface area contributed by atoms with Crippen molar-refractivity contribution in [1.82, 2.24) is 14.5 Å². The molecule has 7 heteroatoms. The Morgan fingerprint density at radius 3 is 2.20 bits per heavy atom. The van der Waals surface area contributed by atoms with Gasteiger partial charge in [-0.1, -0.05) is 60.7 Å². The average molecular weight is 406 g/mol. The molecule has 0 saturated heterocycles. The van der Waals surface area contributed by atoms with Gasteiger partial charge in [0.2, 0.25) is 0 Å². The van der Waals surface area contributed by atoms with E-state index in [1.807, 2.05) is 67.6 Å². The number of hydrogen-bond acceptors (Lipinski definition) is 5. The van der Waals surface area contributed by atoms with E-state index in [1.165, 1.54) is 4.57 Å². The Bertz CT molecular complexity index is 1130. The summed E-state index contributed by atoms with van der Waals surface area (Å²) in [5.74, 6) is -0.540. The van der Waals surface area contributed by atoms with E-state index in [4.69, 9.17) is 5.73 Å². The van der Waals surface area contributed by atoms with E-state index in [2.05, 4.69) is 5.32 Å². The molecule has 0 amide bonds. The van der Waals surface area contributed by atoms with E-state index in [9.17, 15) is 14.4 Å². The molecule has 156 valence electrons. The van der Waals surface area contributed by atoms with Crippen molar-refractivity contribution in [1.29, 1.82) is 0 Å². The fourth-order valence-corrected chi connectivity index (χ4v) is 3.37. The molecule has 1 atom stereocenters. The van der Waals surface area contributed by atoms with Gasteiger partial charge in [-0.05, 0) is 25.0 Å². The second kappa shape index (κ2) is 9.37. The van der Waals surface area contributed by atoms with Crippen LogP contribution in [0.4, 0.5) is 5.82 Å². The van der Waals surface area contributed by atoms with Gasteiger partial charge in [0, 0.05) is 12.6 Å². The smallest absolute Gasteiger partial charge is 0.332 e. The first-order valence-corrected chi connectivity index (χ1v) is 9.92. The third-order valence-electron chi connectivity index (χ3n) is 5.11. The minimum Gasteiger partial charge on any atom is -0.384 e. The van der Waals surface area contributed by atoms with Gasteiger partial charge in [-0.25, -0.2) is 4.79 Å². The molecule has 2 aromatic carbocycles. The summed E-state index contributed by atoms with van der Waals surface area (Å²) in [6.45, 7) is 3.89. The molecule has 0 aliphatic carbocycles. The molecule has 1 aromatic heterocycles. The van der Waals surface area contributed by atoms with Gasteiger partial charge in [0.05, 0.1) is 13.1 Å². The highest BCUT2D eigenvalue weighted by Gasteiger charge is 2.22. The normalized spacial score (nSPS) is 11.9. The van der Waals surface area contributed by atoms with Crippen molar-refractivity contribution in [3.05, 3.63) is 98.2 Å².